The van der Waals surface area contributed by atoms with Gasteiger partial charge < -0.3 is 39.4 Å². The van der Waals surface area contributed by atoms with E-state index < -0.39 is 49.4 Å². The van der Waals surface area contributed by atoms with Crippen molar-refractivity contribution in [1.82, 2.24) is 0 Å². The Balaban J connectivity index is 2.38. The summed E-state index contributed by atoms with van der Waals surface area (Å²) in [6.45, 7) is 3.34. The number of esters is 2. The van der Waals surface area contributed by atoms with E-state index >= 15 is 0 Å². The summed E-state index contributed by atoms with van der Waals surface area (Å²) in [5.41, 5.74) is 0. The lowest BCUT2D eigenvalue weighted by Gasteiger charge is -2.39. The minimum absolute atomic E-state index is 0.212. The van der Waals surface area contributed by atoms with Gasteiger partial charge in [-0.05, 0) is 64.2 Å². The molecule has 1 aliphatic heterocycles. The smallest absolute Gasteiger partial charge is 0.306 e. The number of hydrogen-bond acceptors (Lipinski definition) is 10. The van der Waals surface area contributed by atoms with Gasteiger partial charge in [-0.2, -0.15) is 0 Å². The Kier molecular flexibility index (Phi) is 31.8. The van der Waals surface area contributed by atoms with Crippen LogP contribution in [-0.2, 0) is 28.5 Å². The second kappa shape index (κ2) is 34.4. The molecule has 6 unspecified atom stereocenters. The van der Waals surface area contributed by atoms with Crippen molar-refractivity contribution in [2.75, 3.05) is 19.8 Å². The summed E-state index contributed by atoms with van der Waals surface area (Å²) < 4.78 is 22.1. The summed E-state index contributed by atoms with van der Waals surface area (Å²) in [6.07, 6.45) is 30.0. The number of ether oxygens (including phenoxy) is 4. The van der Waals surface area contributed by atoms with Crippen LogP contribution < -0.4 is 0 Å². The molecule has 1 rings (SSSR count). The zero-order valence-corrected chi connectivity index (χ0v) is 33.3. The van der Waals surface area contributed by atoms with E-state index in [0.717, 1.165) is 77.0 Å². The van der Waals surface area contributed by atoms with Crippen LogP contribution in [0.1, 0.15) is 168 Å². The third kappa shape index (κ3) is 26.4. The number of aliphatic hydroxyl groups is 4. The first-order chi connectivity index (χ1) is 25.8. The Morgan fingerprint density at radius 3 is 1.64 bits per heavy atom. The quantitative estimate of drug-likeness (QED) is 0.0287. The van der Waals surface area contributed by atoms with Gasteiger partial charge in [0.1, 0.15) is 31.0 Å². The molecule has 1 heterocycles. The highest BCUT2D eigenvalue weighted by Crippen LogP contribution is 2.22. The lowest BCUT2D eigenvalue weighted by atomic mass is 9.99. The van der Waals surface area contributed by atoms with Gasteiger partial charge in [0.2, 0.25) is 0 Å². The number of hydrogen-bond donors (Lipinski definition) is 4. The molecule has 10 nitrogen and oxygen atoms in total. The minimum Gasteiger partial charge on any atom is -0.462 e. The fourth-order valence-electron chi connectivity index (χ4n) is 6.08. The van der Waals surface area contributed by atoms with Crippen molar-refractivity contribution in [2.45, 2.75) is 205 Å². The molecular weight excluding hydrogens is 676 g/mol. The lowest BCUT2D eigenvalue weighted by Crippen LogP contribution is -2.59. The van der Waals surface area contributed by atoms with Crippen molar-refractivity contribution in [3.8, 4) is 0 Å². The minimum atomic E-state index is -1.60. The Morgan fingerprint density at radius 1 is 0.585 bits per heavy atom. The molecule has 308 valence electrons. The van der Waals surface area contributed by atoms with E-state index in [2.05, 4.69) is 50.3 Å². The van der Waals surface area contributed by atoms with Crippen LogP contribution in [0.4, 0.5) is 0 Å². The average molecular weight is 753 g/mol. The van der Waals surface area contributed by atoms with Gasteiger partial charge in [-0.25, -0.2) is 0 Å². The summed E-state index contributed by atoms with van der Waals surface area (Å²) in [5, 5.41) is 40.0. The summed E-state index contributed by atoms with van der Waals surface area (Å²) in [5.74, 6) is -0.834. The van der Waals surface area contributed by atoms with Crippen LogP contribution >= 0.6 is 0 Å². The van der Waals surface area contributed by atoms with Crippen molar-refractivity contribution >= 4 is 11.9 Å². The molecule has 53 heavy (non-hydrogen) atoms. The van der Waals surface area contributed by atoms with Crippen molar-refractivity contribution in [2.24, 2.45) is 0 Å². The summed E-state index contributed by atoms with van der Waals surface area (Å²) in [4.78, 5) is 25.2. The average Bonchev–Trinajstić information content (AvgIpc) is 3.15. The molecule has 10 heteroatoms. The topological polar surface area (TPSA) is 152 Å². The molecule has 0 radical (unpaired) electrons. The van der Waals surface area contributed by atoms with Gasteiger partial charge in [-0.1, -0.05) is 127 Å². The molecule has 0 aliphatic carbocycles. The highest BCUT2D eigenvalue weighted by molar-refractivity contribution is 5.70. The van der Waals surface area contributed by atoms with E-state index in [1.807, 2.05) is 0 Å². The van der Waals surface area contributed by atoms with E-state index in [4.69, 9.17) is 18.9 Å². The number of allylic oxidation sites excluding steroid dienone is 6. The van der Waals surface area contributed by atoms with Crippen LogP contribution in [0.3, 0.4) is 0 Å². The SMILES string of the molecule is CCCC/C=C\C/C=C\CCCCCCCC(=O)OC(COC(=O)CCCCCCC/C=C\CCCCCCC)COC1OC(CO)C(O)C(O)C1O. The number of carbonyl (C=O) groups is 2. The standard InChI is InChI=1S/C43H76O10/c1-3-5-7-9-11-13-15-17-19-21-23-25-27-29-31-38(45)50-34-36(35-51-43-42(49)41(48)40(47)37(33-44)53-43)52-39(46)32-30-28-26-24-22-20-18-16-14-12-10-8-6-4-2/h10,12,15-18,36-37,40-44,47-49H,3-9,11,13-14,19-35H2,1-2H3/b12-10-,17-15-,18-16-. The fourth-order valence-corrected chi connectivity index (χ4v) is 6.08. The summed E-state index contributed by atoms with van der Waals surface area (Å²) in [6, 6.07) is 0. The first kappa shape index (κ1) is 48.9. The lowest BCUT2D eigenvalue weighted by molar-refractivity contribution is -0.305. The van der Waals surface area contributed by atoms with E-state index in [0.29, 0.717) is 12.8 Å². The summed E-state index contributed by atoms with van der Waals surface area (Å²) in [7, 11) is 0. The molecule has 0 aromatic rings. The Morgan fingerprint density at radius 2 is 1.08 bits per heavy atom. The number of rotatable bonds is 34. The van der Waals surface area contributed by atoms with E-state index in [-0.39, 0.29) is 32.0 Å². The third-order valence-corrected chi connectivity index (χ3v) is 9.50. The van der Waals surface area contributed by atoms with Crippen LogP contribution in [0.15, 0.2) is 36.5 Å². The second-order valence-electron chi connectivity index (χ2n) is 14.4. The fraction of sp³-hybridized carbons (Fsp3) is 0.814. The second-order valence-corrected chi connectivity index (χ2v) is 14.4. The zero-order valence-electron chi connectivity index (χ0n) is 33.3. The number of unbranched alkanes of at least 4 members (excludes halogenated alkanes) is 17. The van der Waals surface area contributed by atoms with Gasteiger partial charge in [0, 0.05) is 12.8 Å². The Labute approximate surface area is 321 Å². The maximum Gasteiger partial charge on any atom is 0.306 e. The van der Waals surface area contributed by atoms with E-state index in [1.54, 1.807) is 0 Å². The van der Waals surface area contributed by atoms with Crippen molar-refractivity contribution < 1.29 is 49.0 Å². The summed E-state index contributed by atoms with van der Waals surface area (Å²) >= 11 is 0. The molecule has 0 spiro atoms. The van der Waals surface area contributed by atoms with Gasteiger partial charge >= 0.3 is 11.9 Å². The highest BCUT2D eigenvalue weighted by Gasteiger charge is 2.44. The van der Waals surface area contributed by atoms with Crippen LogP contribution in [0.2, 0.25) is 0 Å². The van der Waals surface area contributed by atoms with Crippen LogP contribution in [-0.4, -0.2) is 89.0 Å². The maximum atomic E-state index is 12.7. The predicted molar refractivity (Wildman–Crippen MR) is 210 cm³/mol. The van der Waals surface area contributed by atoms with Gasteiger partial charge in [-0.3, -0.25) is 9.59 Å². The zero-order chi connectivity index (χ0) is 38.8. The molecule has 1 aliphatic rings. The van der Waals surface area contributed by atoms with Gasteiger partial charge in [0.05, 0.1) is 13.2 Å². The first-order valence-corrected chi connectivity index (χ1v) is 21.1. The molecule has 0 aromatic carbocycles. The van der Waals surface area contributed by atoms with Crippen LogP contribution in [0.5, 0.6) is 0 Å². The van der Waals surface area contributed by atoms with Gasteiger partial charge in [0.25, 0.3) is 0 Å². The molecule has 0 amide bonds. The van der Waals surface area contributed by atoms with Crippen molar-refractivity contribution in [1.29, 1.82) is 0 Å². The molecule has 0 aromatic heterocycles. The Bertz CT molecular complexity index is 965. The first-order valence-electron chi connectivity index (χ1n) is 21.1. The molecule has 1 fully saturated rings. The number of aliphatic hydroxyl groups excluding tert-OH is 4. The van der Waals surface area contributed by atoms with Crippen molar-refractivity contribution in [3.05, 3.63) is 36.5 Å². The monoisotopic (exact) mass is 753 g/mol. The number of carbonyl (C=O) groups excluding carboxylic acids is 2. The Hall–Kier alpha value is -2.08. The molecule has 0 saturated carbocycles. The predicted octanol–water partition coefficient (Wildman–Crippen LogP) is 8.33. The van der Waals surface area contributed by atoms with E-state index in [1.165, 1.54) is 51.4 Å². The molecule has 6 atom stereocenters. The van der Waals surface area contributed by atoms with Crippen molar-refractivity contribution in [3.63, 3.8) is 0 Å². The van der Waals surface area contributed by atoms with Gasteiger partial charge in [-0.15, -0.1) is 0 Å². The normalized spacial score (nSPS) is 21.2. The molecule has 0 bridgehead atoms. The third-order valence-electron chi connectivity index (χ3n) is 9.50. The molecule has 1 saturated heterocycles. The molecular formula is C43H76O10. The molecule has 4 N–H and O–H groups in total. The van der Waals surface area contributed by atoms with Crippen LogP contribution in [0.25, 0.3) is 0 Å². The van der Waals surface area contributed by atoms with Gasteiger partial charge in [0.15, 0.2) is 12.4 Å². The maximum absolute atomic E-state index is 12.7. The van der Waals surface area contributed by atoms with E-state index in [9.17, 15) is 30.0 Å². The van der Waals surface area contributed by atoms with Crippen LogP contribution in [0, 0.1) is 0 Å². The highest BCUT2D eigenvalue weighted by atomic mass is 16.7. The largest absolute Gasteiger partial charge is 0.462 e.